The Hall–Kier alpha value is -2.25. The summed E-state index contributed by atoms with van der Waals surface area (Å²) in [5.74, 6) is -0.116. The van der Waals surface area contributed by atoms with Crippen molar-refractivity contribution in [2.24, 2.45) is 5.41 Å². The van der Waals surface area contributed by atoms with Crippen molar-refractivity contribution < 1.29 is 22.4 Å². The zero-order valence-electron chi connectivity index (χ0n) is 25.3. The van der Waals surface area contributed by atoms with E-state index in [1.165, 1.54) is 12.1 Å². The van der Waals surface area contributed by atoms with Gasteiger partial charge in [-0.05, 0) is 85.3 Å². The van der Waals surface area contributed by atoms with Crippen LogP contribution in [0.4, 0.5) is 13.2 Å². The lowest BCUT2D eigenvalue weighted by Crippen LogP contribution is -2.44. The lowest BCUT2D eigenvalue weighted by molar-refractivity contribution is -0.137. The number of ketones is 1. The lowest BCUT2D eigenvalue weighted by Gasteiger charge is -2.45. The molecule has 218 valence electrons. The number of hydrogen-bond donors (Lipinski definition) is 0. The van der Waals surface area contributed by atoms with Crippen LogP contribution in [0.25, 0.3) is 5.57 Å². The summed E-state index contributed by atoms with van der Waals surface area (Å²) < 4.78 is 47.0. The molecule has 1 atom stereocenters. The van der Waals surface area contributed by atoms with Gasteiger partial charge in [0.15, 0.2) is 14.1 Å². The third-order valence-corrected chi connectivity index (χ3v) is 13.7. The van der Waals surface area contributed by atoms with Crippen molar-refractivity contribution in [1.29, 1.82) is 0 Å². The Balaban J connectivity index is 1.98. The molecule has 40 heavy (non-hydrogen) atoms. The number of aromatic nitrogens is 1. The molecule has 2 aliphatic carbocycles. The largest absolute Gasteiger partial charge is 0.416 e. The predicted octanol–water partition coefficient (Wildman–Crippen LogP) is 10.1. The number of benzene rings is 1. The normalized spacial score (nSPS) is 19.9. The molecule has 0 bridgehead atoms. The zero-order valence-corrected chi connectivity index (χ0v) is 26.3. The van der Waals surface area contributed by atoms with E-state index in [0.717, 1.165) is 67.5 Å². The van der Waals surface area contributed by atoms with Gasteiger partial charge >= 0.3 is 6.18 Å². The number of halogens is 3. The molecule has 1 aromatic heterocycles. The molecule has 0 aliphatic heterocycles. The van der Waals surface area contributed by atoms with Gasteiger partial charge < -0.3 is 4.43 Å². The van der Waals surface area contributed by atoms with Crippen LogP contribution in [-0.4, -0.2) is 19.1 Å². The van der Waals surface area contributed by atoms with Crippen molar-refractivity contribution in [3.63, 3.8) is 0 Å². The number of alkyl halides is 3. The molecule has 0 radical (unpaired) electrons. The molecule has 7 heteroatoms. The van der Waals surface area contributed by atoms with Crippen LogP contribution < -0.4 is 0 Å². The number of nitrogens with zero attached hydrogens (tertiary/aromatic N) is 1. The molecule has 1 fully saturated rings. The minimum atomic E-state index is -4.46. The molecule has 1 saturated carbocycles. The van der Waals surface area contributed by atoms with E-state index in [1.54, 1.807) is 0 Å². The number of hydrogen-bond acceptors (Lipinski definition) is 3. The molecule has 1 heterocycles. The first kappa shape index (κ1) is 30.7. The summed E-state index contributed by atoms with van der Waals surface area (Å²) in [6, 6.07) is 4.55. The van der Waals surface area contributed by atoms with Gasteiger partial charge in [-0.1, -0.05) is 66.2 Å². The van der Waals surface area contributed by atoms with E-state index in [1.807, 2.05) is 6.92 Å². The predicted molar refractivity (Wildman–Crippen MR) is 158 cm³/mol. The molecule has 4 rings (SSSR count). The van der Waals surface area contributed by atoms with Gasteiger partial charge in [0.2, 0.25) is 0 Å². The number of pyridine rings is 1. The SMILES string of the molecule is C=C(C)c1nc2c(c(C3CCCC3)c1C(=O)c1ccc(C(F)(F)F)cc1)[C@@H](O[Si](C)(C)C(C)(C)C)CC(C)(C)C2. The molecule has 0 N–H and O–H groups in total. The molecule has 3 nitrogen and oxygen atoms in total. The Labute approximate surface area is 238 Å². The Kier molecular flexibility index (Phi) is 8.09. The van der Waals surface area contributed by atoms with E-state index in [4.69, 9.17) is 9.41 Å². The van der Waals surface area contributed by atoms with Crippen LogP contribution in [0, 0.1) is 5.41 Å². The second-order valence-electron chi connectivity index (χ2n) is 14.2. The first-order valence-corrected chi connectivity index (χ1v) is 17.4. The Bertz CT molecular complexity index is 1300. The minimum Gasteiger partial charge on any atom is -0.410 e. The first-order valence-electron chi connectivity index (χ1n) is 14.4. The average molecular weight is 572 g/mol. The number of allylic oxidation sites excluding steroid dienone is 1. The Morgan fingerprint density at radius 2 is 1.62 bits per heavy atom. The molecular formula is C33H44F3NO2Si. The fourth-order valence-corrected chi connectivity index (χ4v) is 7.32. The first-order chi connectivity index (χ1) is 18.3. The van der Waals surface area contributed by atoms with Crippen molar-refractivity contribution in [2.75, 3.05) is 0 Å². The topological polar surface area (TPSA) is 39.2 Å². The fraction of sp³-hybridized carbons (Fsp3) is 0.576. The second-order valence-corrected chi connectivity index (χ2v) is 18.9. The van der Waals surface area contributed by atoms with Crippen LogP contribution in [0.15, 0.2) is 30.8 Å². The lowest BCUT2D eigenvalue weighted by atomic mass is 9.70. The smallest absolute Gasteiger partial charge is 0.410 e. The van der Waals surface area contributed by atoms with Crippen molar-refractivity contribution in [1.82, 2.24) is 4.98 Å². The van der Waals surface area contributed by atoms with Gasteiger partial charge in [-0.2, -0.15) is 13.2 Å². The molecule has 0 amide bonds. The van der Waals surface area contributed by atoms with Gasteiger partial charge in [-0.3, -0.25) is 9.78 Å². The van der Waals surface area contributed by atoms with E-state index < -0.39 is 20.1 Å². The van der Waals surface area contributed by atoms with E-state index >= 15 is 0 Å². The number of carbonyl (C=O) groups excluding carboxylic acids is 1. The summed E-state index contributed by atoms with van der Waals surface area (Å²) in [7, 11) is -2.19. The quantitative estimate of drug-likeness (QED) is 0.256. The maximum absolute atomic E-state index is 14.3. The summed E-state index contributed by atoms with van der Waals surface area (Å²) in [6.07, 6.45) is 1.04. The monoisotopic (exact) mass is 571 g/mol. The van der Waals surface area contributed by atoms with Crippen molar-refractivity contribution in [2.45, 2.75) is 116 Å². The van der Waals surface area contributed by atoms with Crippen LogP contribution in [0.5, 0.6) is 0 Å². The van der Waals surface area contributed by atoms with Gasteiger partial charge in [-0.25, -0.2) is 0 Å². The minimum absolute atomic E-state index is 0.00618. The van der Waals surface area contributed by atoms with Gasteiger partial charge in [0.05, 0.1) is 22.9 Å². The average Bonchev–Trinajstić information content (AvgIpc) is 3.35. The van der Waals surface area contributed by atoms with Crippen molar-refractivity contribution in [3.8, 4) is 0 Å². The van der Waals surface area contributed by atoms with Gasteiger partial charge in [-0.15, -0.1) is 0 Å². The molecule has 0 saturated heterocycles. The molecule has 1 aromatic carbocycles. The molecule has 2 aliphatic rings. The van der Waals surface area contributed by atoms with Gasteiger partial charge in [0.1, 0.15) is 0 Å². The molecular weight excluding hydrogens is 527 g/mol. The highest BCUT2D eigenvalue weighted by Gasteiger charge is 2.45. The van der Waals surface area contributed by atoms with E-state index in [9.17, 15) is 18.0 Å². The highest BCUT2D eigenvalue weighted by Crippen LogP contribution is 2.52. The second kappa shape index (κ2) is 10.5. The summed E-state index contributed by atoms with van der Waals surface area (Å²) in [6.45, 7) is 21.7. The highest BCUT2D eigenvalue weighted by atomic mass is 28.4. The summed E-state index contributed by atoms with van der Waals surface area (Å²) in [5.41, 5.74) is 4.21. The van der Waals surface area contributed by atoms with Gasteiger partial charge in [0.25, 0.3) is 0 Å². The fourth-order valence-electron chi connectivity index (χ4n) is 6.06. The summed E-state index contributed by atoms with van der Waals surface area (Å²) in [4.78, 5) is 19.4. The van der Waals surface area contributed by atoms with Crippen LogP contribution in [-0.2, 0) is 17.0 Å². The van der Waals surface area contributed by atoms with E-state index in [2.05, 4.69) is 54.3 Å². The van der Waals surface area contributed by atoms with Crippen molar-refractivity contribution in [3.05, 3.63) is 70.0 Å². The number of rotatable bonds is 6. The van der Waals surface area contributed by atoms with E-state index in [0.29, 0.717) is 16.8 Å². The number of fused-ring (bicyclic) bond motifs is 1. The van der Waals surface area contributed by atoms with Crippen LogP contribution in [0.2, 0.25) is 18.1 Å². The molecule has 0 spiro atoms. The highest BCUT2D eigenvalue weighted by molar-refractivity contribution is 6.74. The van der Waals surface area contributed by atoms with E-state index in [-0.39, 0.29) is 33.8 Å². The van der Waals surface area contributed by atoms with Gasteiger partial charge in [0, 0.05) is 16.8 Å². The summed E-state index contributed by atoms with van der Waals surface area (Å²) in [5, 5.41) is 0.00618. The third-order valence-electron chi connectivity index (χ3n) is 9.17. The maximum Gasteiger partial charge on any atom is 0.416 e. The van der Waals surface area contributed by atoms with Crippen LogP contribution >= 0.6 is 0 Å². The third kappa shape index (κ3) is 6.01. The molecule has 0 unspecified atom stereocenters. The van der Waals surface area contributed by atoms with Crippen molar-refractivity contribution >= 4 is 19.7 Å². The molecule has 2 aromatic rings. The maximum atomic E-state index is 14.3. The standard InChI is InChI=1S/C33H44F3NO2Si/c1-20(2)29-28(30(38)22-14-16-23(17-15-22)33(34,35)36)26(21-12-10-11-13-21)27-24(37-29)18-32(6,7)19-25(27)39-40(8,9)31(3,4)5/h14-17,21,25H,1,10-13,18-19H2,2-9H3/t25-/m0/s1. The Morgan fingerprint density at radius 3 is 2.12 bits per heavy atom. The zero-order chi connectivity index (χ0) is 29.8. The van der Waals surface area contributed by atoms with Crippen LogP contribution in [0.3, 0.4) is 0 Å². The summed E-state index contributed by atoms with van der Waals surface area (Å²) >= 11 is 0. The number of carbonyl (C=O) groups is 1. The Morgan fingerprint density at radius 1 is 1.05 bits per heavy atom. The van der Waals surface area contributed by atoms with Crippen LogP contribution in [0.1, 0.15) is 130 Å².